The molecule has 0 radical (unpaired) electrons. The number of ether oxygens (including phenoxy) is 1. The first-order valence-electron chi connectivity index (χ1n) is 9.31. The van der Waals surface area contributed by atoms with Crippen LogP contribution in [0.25, 0.3) is 10.2 Å². The van der Waals surface area contributed by atoms with Crippen molar-refractivity contribution >= 4 is 32.8 Å². The third kappa shape index (κ3) is 4.64. The molecule has 5 nitrogen and oxygen atoms in total. The number of fused-ring (bicyclic) bond motifs is 1. The summed E-state index contributed by atoms with van der Waals surface area (Å²) in [4.78, 5) is 19.0. The van der Waals surface area contributed by atoms with Crippen LogP contribution in [0.1, 0.15) is 25.3 Å². The molecule has 27 heavy (non-hydrogen) atoms. The predicted molar refractivity (Wildman–Crippen MR) is 109 cm³/mol. The fourth-order valence-electron chi connectivity index (χ4n) is 3.31. The van der Waals surface area contributed by atoms with Crippen LogP contribution in [0.4, 0.5) is 9.93 Å². The van der Waals surface area contributed by atoms with Gasteiger partial charge in [-0.1, -0.05) is 42.5 Å². The number of hydrogen-bond acceptors (Lipinski definition) is 5. The smallest absolute Gasteiger partial charge is 0.410 e. The number of likely N-dealkylation sites (tertiary alicyclic amines) is 1. The van der Waals surface area contributed by atoms with Gasteiger partial charge in [0.05, 0.1) is 10.2 Å². The number of rotatable bonds is 4. The van der Waals surface area contributed by atoms with Gasteiger partial charge in [-0.15, -0.1) is 0 Å². The molecule has 1 aliphatic heterocycles. The van der Waals surface area contributed by atoms with E-state index in [0.29, 0.717) is 10.9 Å². The Morgan fingerprint density at radius 3 is 2.78 bits per heavy atom. The van der Waals surface area contributed by atoms with Gasteiger partial charge in [-0.05, 0) is 61.7 Å². The Kier molecular flexibility index (Phi) is 5.36. The van der Waals surface area contributed by atoms with Gasteiger partial charge in [-0.3, -0.25) is 10.2 Å². The maximum absolute atomic E-state index is 12.0. The van der Waals surface area contributed by atoms with Gasteiger partial charge in [-0.2, -0.15) is 0 Å². The number of thiazole rings is 1. The molecule has 1 N–H and O–H groups in total. The summed E-state index contributed by atoms with van der Waals surface area (Å²) in [5.41, 5.74) is 2.19. The van der Waals surface area contributed by atoms with Crippen LogP contribution in [-0.4, -0.2) is 29.1 Å². The number of carbonyl (C=O) groups is 1. The lowest BCUT2D eigenvalue weighted by molar-refractivity contribution is 0.185. The maximum atomic E-state index is 12.0. The largest absolute Gasteiger partial charge is 0.418 e. The lowest BCUT2D eigenvalue weighted by atomic mass is 9.99. The van der Waals surface area contributed by atoms with Gasteiger partial charge in [0.15, 0.2) is 5.13 Å². The van der Waals surface area contributed by atoms with Crippen LogP contribution in [0.3, 0.4) is 0 Å². The number of amides is 1. The number of piperidine rings is 1. The maximum Gasteiger partial charge on any atom is 0.418 e. The summed E-state index contributed by atoms with van der Waals surface area (Å²) < 4.78 is 6.33. The van der Waals surface area contributed by atoms with E-state index in [1.807, 2.05) is 24.3 Å². The first kappa shape index (κ1) is 17.9. The molecule has 0 saturated carbocycles. The van der Waals surface area contributed by atoms with Crippen molar-refractivity contribution in [3.8, 4) is 5.75 Å². The Balaban J connectivity index is 1.40. The van der Waals surface area contributed by atoms with Crippen molar-refractivity contribution in [1.29, 1.82) is 0 Å². The van der Waals surface area contributed by atoms with E-state index in [2.05, 4.69) is 34.3 Å². The van der Waals surface area contributed by atoms with Crippen molar-refractivity contribution in [2.24, 2.45) is 5.92 Å². The van der Waals surface area contributed by atoms with E-state index < -0.39 is 6.09 Å². The summed E-state index contributed by atoms with van der Waals surface area (Å²) in [7, 11) is 0. The van der Waals surface area contributed by atoms with E-state index in [9.17, 15) is 4.79 Å². The zero-order valence-corrected chi connectivity index (χ0v) is 16.2. The Labute approximate surface area is 163 Å². The van der Waals surface area contributed by atoms with Gasteiger partial charge in [0, 0.05) is 6.54 Å². The lowest BCUT2D eigenvalue weighted by Gasteiger charge is -2.30. The van der Waals surface area contributed by atoms with Crippen LogP contribution in [0.15, 0.2) is 48.5 Å². The molecule has 1 fully saturated rings. The molecule has 0 aliphatic carbocycles. The van der Waals surface area contributed by atoms with Gasteiger partial charge in [0.1, 0.15) is 5.75 Å². The second kappa shape index (κ2) is 8.06. The summed E-state index contributed by atoms with van der Waals surface area (Å²) in [6, 6.07) is 15.3. The molecular weight excluding hydrogens is 358 g/mol. The third-order valence-corrected chi connectivity index (χ3v) is 5.83. The summed E-state index contributed by atoms with van der Waals surface area (Å²) >= 11 is 1.47. The fourth-order valence-corrected chi connectivity index (χ4v) is 4.22. The van der Waals surface area contributed by atoms with Gasteiger partial charge >= 0.3 is 6.09 Å². The Hall–Kier alpha value is -2.44. The monoisotopic (exact) mass is 381 g/mol. The number of anilines is 1. The van der Waals surface area contributed by atoms with Crippen molar-refractivity contribution in [1.82, 2.24) is 9.88 Å². The molecule has 140 valence electrons. The minimum Gasteiger partial charge on any atom is -0.410 e. The highest BCUT2D eigenvalue weighted by molar-refractivity contribution is 7.22. The molecule has 2 aromatic carbocycles. The number of carbonyl (C=O) groups excluding carboxylic acids is 1. The molecule has 1 aliphatic rings. The van der Waals surface area contributed by atoms with E-state index in [0.717, 1.165) is 22.7 Å². The normalized spacial score (nSPS) is 15.7. The molecular formula is C21H23N3O2S. The van der Waals surface area contributed by atoms with Gasteiger partial charge in [-0.25, -0.2) is 9.78 Å². The molecule has 0 spiro atoms. The quantitative estimate of drug-likeness (QED) is 0.680. The van der Waals surface area contributed by atoms with E-state index >= 15 is 0 Å². The fraction of sp³-hybridized carbons (Fsp3) is 0.333. The van der Waals surface area contributed by atoms with Gasteiger partial charge in [0.2, 0.25) is 0 Å². The van der Waals surface area contributed by atoms with Crippen LogP contribution in [0, 0.1) is 5.92 Å². The first-order valence-corrected chi connectivity index (χ1v) is 10.1. The average molecular weight is 382 g/mol. The molecule has 4 rings (SSSR count). The van der Waals surface area contributed by atoms with Crippen molar-refractivity contribution in [2.75, 3.05) is 18.4 Å². The number of nitrogens with one attached hydrogen (secondary N) is 1. The topological polar surface area (TPSA) is 54.5 Å². The Bertz CT molecular complexity index is 918. The highest BCUT2D eigenvalue weighted by Crippen LogP contribution is 2.28. The van der Waals surface area contributed by atoms with E-state index in [1.54, 1.807) is 12.1 Å². The second-order valence-electron chi connectivity index (χ2n) is 7.11. The third-order valence-electron chi connectivity index (χ3n) is 4.90. The van der Waals surface area contributed by atoms with Crippen LogP contribution >= 0.6 is 11.3 Å². The first-order chi connectivity index (χ1) is 13.2. The summed E-state index contributed by atoms with van der Waals surface area (Å²) in [6.45, 7) is 5.64. The van der Waals surface area contributed by atoms with E-state index in [1.165, 1.54) is 42.8 Å². The summed E-state index contributed by atoms with van der Waals surface area (Å²) in [5.74, 6) is 1.35. The van der Waals surface area contributed by atoms with Gasteiger partial charge in [0.25, 0.3) is 0 Å². The molecule has 3 aromatic rings. The number of aromatic nitrogens is 1. The molecule has 0 atom stereocenters. The van der Waals surface area contributed by atoms with Crippen LogP contribution in [-0.2, 0) is 6.54 Å². The molecule has 0 unspecified atom stereocenters. The molecule has 0 bridgehead atoms. The van der Waals surface area contributed by atoms with Crippen LogP contribution < -0.4 is 10.1 Å². The Morgan fingerprint density at radius 2 is 2.00 bits per heavy atom. The van der Waals surface area contributed by atoms with Crippen molar-refractivity contribution < 1.29 is 9.53 Å². The predicted octanol–water partition coefficient (Wildman–Crippen LogP) is 5.14. The van der Waals surface area contributed by atoms with E-state index in [-0.39, 0.29) is 0 Å². The van der Waals surface area contributed by atoms with E-state index in [4.69, 9.17) is 4.74 Å². The zero-order chi connectivity index (χ0) is 18.6. The SMILES string of the molecule is CC1CCN(Cc2ccc3nc(NC(=O)Oc4ccccc4)sc3c2)CC1. The van der Waals surface area contributed by atoms with Gasteiger partial charge < -0.3 is 4.74 Å². The minimum absolute atomic E-state index is 0.509. The summed E-state index contributed by atoms with van der Waals surface area (Å²) in [6.07, 6.45) is 2.03. The number of nitrogens with zero attached hydrogens (tertiary/aromatic N) is 2. The number of benzene rings is 2. The number of para-hydroxylation sites is 1. The standard InChI is InChI=1S/C21H23N3O2S/c1-15-9-11-24(12-10-15)14-16-7-8-18-19(13-16)27-20(22-18)23-21(25)26-17-5-3-2-4-6-17/h2-8,13,15H,9-12,14H2,1H3,(H,22,23,25). The van der Waals surface area contributed by atoms with Crippen LogP contribution in [0.2, 0.25) is 0 Å². The molecule has 6 heteroatoms. The highest BCUT2D eigenvalue weighted by Gasteiger charge is 2.16. The molecule has 1 saturated heterocycles. The number of hydrogen-bond donors (Lipinski definition) is 1. The van der Waals surface area contributed by atoms with Crippen molar-refractivity contribution in [2.45, 2.75) is 26.3 Å². The average Bonchev–Trinajstić information content (AvgIpc) is 3.05. The van der Waals surface area contributed by atoms with Crippen LogP contribution in [0.5, 0.6) is 5.75 Å². The molecule has 2 heterocycles. The second-order valence-corrected chi connectivity index (χ2v) is 8.14. The zero-order valence-electron chi connectivity index (χ0n) is 15.4. The minimum atomic E-state index is -0.525. The Morgan fingerprint density at radius 1 is 1.22 bits per heavy atom. The molecule has 1 aromatic heterocycles. The van der Waals surface area contributed by atoms with Crippen molar-refractivity contribution in [3.63, 3.8) is 0 Å². The molecule has 1 amide bonds. The highest BCUT2D eigenvalue weighted by atomic mass is 32.1. The van der Waals surface area contributed by atoms with Crippen molar-refractivity contribution in [3.05, 3.63) is 54.1 Å². The lowest BCUT2D eigenvalue weighted by Crippen LogP contribution is -2.32. The summed E-state index contributed by atoms with van der Waals surface area (Å²) in [5, 5.41) is 3.27.